The zero-order valence-corrected chi connectivity index (χ0v) is 16.5. The molecule has 1 saturated carbocycles. The average Bonchev–Trinajstić information content (AvgIpc) is 3.09. The molecular formula is C21H35N5. The van der Waals surface area contributed by atoms with Crippen molar-refractivity contribution < 1.29 is 0 Å². The maximum Gasteiger partial charge on any atom is 0.191 e. The van der Waals surface area contributed by atoms with E-state index in [1.165, 1.54) is 31.4 Å². The van der Waals surface area contributed by atoms with Gasteiger partial charge < -0.3 is 10.6 Å². The highest BCUT2D eigenvalue weighted by Crippen LogP contribution is 2.37. The third-order valence-electron chi connectivity index (χ3n) is 5.81. The molecule has 0 atom stereocenters. The van der Waals surface area contributed by atoms with E-state index in [-0.39, 0.29) is 0 Å². The van der Waals surface area contributed by atoms with Gasteiger partial charge >= 0.3 is 0 Å². The molecule has 1 aliphatic carbocycles. The van der Waals surface area contributed by atoms with Crippen LogP contribution in [0.4, 0.5) is 0 Å². The summed E-state index contributed by atoms with van der Waals surface area (Å²) in [6.07, 6.45) is 9.58. The van der Waals surface area contributed by atoms with Crippen LogP contribution in [0, 0.1) is 5.41 Å². The zero-order valence-electron chi connectivity index (χ0n) is 16.5. The van der Waals surface area contributed by atoms with Crippen LogP contribution in [0.2, 0.25) is 0 Å². The monoisotopic (exact) mass is 357 g/mol. The number of pyridine rings is 1. The van der Waals surface area contributed by atoms with Crippen molar-refractivity contribution in [2.24, 2.45) is 10.4 Å². The summed E-state index contributed by atoms with van der Waals surface area (Å²) in [7, 11) is 0. The summed E-state index contributed by atoms with van der Waals surface area (Å²) in [6, 6.07) is 6.68. The van der Waals surface area contributed by atoms with Gasteiger partial charge in [-0.25, -0.2) is 0 Å². The minimum atomic E-state index is 0.411. The van der Waals surface area contributed by atoms with Crippen LogP contribution >= 0.6 is 0 Å². The first kappa shape index (κ1) is 19.2. The molecule has 0 bridgehead atoms. The largest absolute Gasteiger partial charge is 0.357 e. The van der Waals surface area contributed by atoms with Crippen LogP contribution in [0.15, 0.2) is 29.4 Å². The van der Waals surface area contributed by atoms with Gasteiger partial charge in [0.1, 0.15) is 0 Å². The summed E-state index contributed by atoms with van der Waals surface area (Å²) in [5.74, 6) is 1.00. The number of guanidine groups is 1. The van der Waals surface area contributed by atoms with Gasteiger partial charge in [0, 0.05) is 45.0 Å². The third-order valence-corrected chi connectivity index (χ3v) is 5.81. The molecule has 2 aliphatic rings. The van der Waals surface area contributed by atoms with Gasteiger partial charge in [0.05, 0.1) is 5.69 Å². The fourth-order valence-electron chi connectivity index (χ4n) is 4.13. The van der Waals surface area contributed by atoms with Crippen molar-refractivity contribution in [3.05, 3.63) is 30.1 Å². The number of hydrogen-bond donors (Lipinski definition) is 2. The minimum Gasteiger partial charge on any atom is -0.357 e. The molecule has 2 fully saturated rings. The van der Waals surface area contributed by atoms with E-state index in [0.29, 0.717) is 11.5 Å². The topological polar surface area (TPSA) is 52.6 Å². The second-order valence-corrected chi connectivity index (χ2v) is 8.23. The fraction of sp³-hybridized carbons (Fsp3) is 0.714. The van der Waals surface area contributed by atoms with E-state index in [9.17, 15) is 0 Å². The molecule has 26 heavy (non-hydrogen) atoms. The van der Waals surface area contributed by atoms with E-state index in [2.05, 4.69) is 46.5 Å². The van der Waals surface area contributed by atoms with Crippen LogP contribution in [-0.4, -0.2) is 48.1 Å². The highest BCUT2D eigenvalue weighted by Gasteiger charge is 2.28. The smallest absolute Gasteiger partial charge is 0.191 e. The predicted octanol–water partition coefficient (Wildman–Crippen LogP) is 3.18. The maximum atomic E-state index is 4.92. The van der Waals surface area contributed by atoms with Crippen molar-refractivity contribution in [3.63, 3.8) is 0 Å². The van der Waals surface area contributed by atoms with Gasteiger partial charge in [-0.3, -0.25) is 14.9 Å². The van der Waals surface area contributed by atoms with E-state index >= 15 is 0 Å². The number of piperidine rings is 1. The highest BCUT2D eigenvalue weighted by atomic mass is 15.2. The number of nitrogens with zero attached hydrogens (tertiary/aromatic N) is 3. The molecule has 144 valence electrons. The van der Waals surface area contributed by atoms with Crippen LogP contribution in [0.3, 0.4) is 0 Å². The molecule has 0 amide bonds. The molecule has 2 heterocycles. The van der Waals surface area contributed by atoms with Crippen molar-refractivity contribution in [2.75, 3.05) is 26.2 Å². The third kappa shape index (κ3) is 5.70. The molecule has 5 nitrogen and oxygen atoms in total. The van der Waals surface area contributed by atoms with Gasteiger partial charge in [-0.1, -0.05) is 25.8 Å². The van der Waals surface area contributed by atoms with E-state index < -0.39 is 0 Å². The van der Waals surface area contributed by atoms with Crippen LogP contribution in [0.1, 0.15) is 58.1 Å². The normalized spacial score (nSPS) is 21.7. The first-order chi connectivity index (χ1) is 12.7. The fourth-order valence-corrected chi connectivity index (χ4v) is 4.13. The maximum absolute atomic E-state index is 4.92. The SMILES string of the molecule is CCNC(=NCC1(C)CCCC1)NC1CCN(Cc2ccccn2)CC1. The van der Waals surface area contributed by atoms with Crippen molar-refractivity contribution in [3.8, 4) is 0 Å². The molecule has 1 aromatic rings. The first-order valence-corrected chi connectivity index (χ1v) is 10.3. The molecule has 1 aromatic heterocycles. The Morgan fingerprint density at radius 2 is 2.04 bits per heavy atom. The Kier molecular flexibility index (Phi) is 6.89. The van der Waals surface area contributed by atoms with E-state index in [4.69, 9.17) is 4.99 Å². The Bertz CT molecular complexity index is 557. The van der Waals surface area contributed by atoms with Gasteiger partial charge in [0.15, 0.2) is 5.96 Å². The number of hydrogen-bond acceptors (Lipinski definition) is 3. The van der Waals surface area contributed by atoms with Crippen molar-refractivity contribution in [2.45, 2.75) is 65.0 Å². The van der Waals surface area contributed by atoms with Gasteiger partial charge in [-0.2, -0.15) is 0 Å². The van der Waals surface area contributed by atoms with Crippen molar-refractivity contribution in [1.29, 1.82) is 0 Å². The van der Waals surface area contributed by atoms with Gasteiger partial charge in [0.25, 0.3) is 0 Å². The number of likely N-dealkylation sites (tertiary alicyclic amines) is 1. The lowest BCUT2D eigenvalue weighted by atomic mass is 9.89. The Labute approximate surface area is 158 Å². The second-order valence-electron chi connectivity index (χ2n) is 8.23. The lowest BCUT2D eigenvalue weighted by Gasteiger charge is -2.33. The van der Waals surface area contributed by atoms with Crippen LogP contribution < -0.4 is 10.6 Å². The zero-order chi connectivity index (χ0) is 18.2. The quantitative estimate of drug-likeness (QED) is 0.606. The van der Waals surface area contributed by atoms with Crippen LogP contribution in [0.5, 0.6) is 0 Å². The van der Waals surface area contributed by atoms with Crippen LogP contribution in [0.25, 0.3) is 0 Å². The molecule has 1 saturated heterocycles. The number of aliphatic imine (C=N–C) groups is 1. The van der Waals surface area contributed by atoms with E-state index in [1.807, 2.05) is 12.3 Å². The number of rotatable bonds is 6. The summed E-state index contributed by atoms with van der Waals surface area (Å²) in [4.78, 5) is 11.9. The Balaban J connectivity index is 1.46. The summed E-state index contributed by atoms with van der Waals surface area (Å²) in [5, 5.41) is 7.12. The predicted molar refractivity (Wildman–Crippen MR) is 108 cm³/mol. The average molecular weight is 358 g/mol. The lowest BCUT2D eigenvalue weighted by molar-refractivity contribution is 0.196. The summed E-state index contributed by atoms with van der Waals surface area (Å²) >= 11 is 0. The molecule has 2 N–H and O–H groups in total. The van der Waals surface area contributed by atoms with Crippen molar-refractivity contribution >= 4 is 5.96 Å². The van der Waals surface area contributed by atoms with Crippen molar-refractivity contribution in [1.82, 2.24) is 20.5 Å². The molecule has 0 radical (unpaired) electrons. The Morgan fingerprint density at radius 1 is 1.27 bits per heavy atom. The summed E-state index contributed by atoms with van der Waals surface area (Å²) in [5.41, 5.74) is 1.58. The first-order valence-electron chi connectivity index (χ1n) is 10.3. The molecule has 0 aromatic carbocycles. The second kappa shape index (κ2) is 9.36. The van der Waals surface area contributed by atoms with Gasteiger partial charge in [-0.05, 0) is 50.2 Å². The van der Waals surface area contributed by atoms with Crippen LogP contribution in [-0.2, 0) is 6.54 Å². The van der Waals surface area contributed by atoms with E-state index in [1.54, 1.807) is 0 Å². The minimum absolute atomic E-state index is 0.411. The molecular weight excluding hydrogens is 322 g/mol. The summed E-state index contributed by atoms with van der Waals surface area (Å²) < 4.78 is 0. The molecule has 0 spiro atoms. The highest BCUT2D eigenvalue weighted by molar-refractivity contribution is 5.80. The van der Waals surface area contributed by atoms with E-state index in [0.717, 1.165) is 51.5 Å². The Morgan fingerprint density at radius 3 is 2.69 bits per heavy atom. The number of nitrogens with one attached hydrogen (secondary N) is 2. The molecule has 3 rings (SSSR count). The number of aromatic nitrogens is 1. The summed E-state index contributed by atoms with van der Waals surface area (Å²) in [6.45, 7) is 9.59. The molecule has 1 aliphatic heterocycles. The standard InChI is InChI=1S/C21H35N5/c1-3-22-20(24-17-21(2)11-5-6-12-21)25-18-9-14-26(15-10-18)16-19-8-4-7-13-23-19/h4,7-8,13,18H,3,5-6,9-12,14-17H2,1-2H3,(H2,22,24,25). The van der Waals surface area contributed by atoms with Gasteiger partial charge in [-0.15, -0.1) is 0 Å². The molecule has 0 unspecified atom stereocenters. The Hall–Kier alpha value is -1.62. The van der Waals surface area contributed by atoms with Gasteiger partial charge in [0.2, 0.25) is 0 Å². The molecule has 5 heteroatoms. The lowest BCUT2D eigenvalue weighted by Crippen LogP contribution is -2.48.